The molecule has 0 aliphatic carbocycles. The number of rotatable bonds is 5. The molecule has 20 heavy (non-hydrogen) atoms. The van der Waals surface area contributed by atoms with Gasteiger partial charge in [-0.05, 0) is 35.7 Å². The van der Waals surface area contributed by atoms with Crippen molar-refractivity contribution < 1.29 is 0 Å². The number of nitrogens with zero attached hydrogens (tertiary/aromatic N) is 1. The highest BCUT2D eigenvalue weighted by molar-refractivity contribution is 5.55. The molecule has 1 atom stereocenters. The molecular weight excluding hydrogens is 244 g/mol. The Bertz CT molecular complexity index is 515. The summed E-state index contributed by atoms with van der Waals surface area (Å²) in [6.45, 7) is 4.50. The zero-order chi connectivity index (χ0) is 14.5. The molecule has 2 nitrogen and oxygen atoms in total. The number of hydrogen-bond donors (Lipinski definition) is 1. The molecule has 0 aromatic heterocycles. The van der Waals surface area contributed by atoms with E-state index in [1.807, 2.05) is 0 Å². The van der Waals surface area contributed by atoms with Crippen molar-refractivity contribution in [2.45, 2.75) is 19.9 Å². The van der Waals surface area contributed by atoms with Gasteiger partial charge in [0, 0.05) is 25.5 Å². The van der Waals surface area contributed by atoms with Crippen LogP contribution in [0, 0.1) is 5.92 Å². The number of benzene rings is 2. The Morgan fingerprint density at radius 3 is 1.95 bits per heavy atom. The first kappa shape index (κ1) is 14.4. The lowest BCUT2D eigenvalue weighted by molar-refractivity contribution is 0.546. The topological polar surface area (TPSA) is 15.3 Å². The maximum absolute atomic E-state index is 3.64. The van der Waals surface area contributed by atoms with Crippen molar-refractivity contribution in [2.75, 3.05) is 24.3 Å². The van der Waals surface area contributed by atoms with Crippen LogP contribution in [0.3, 0.4) is 0 Å². The fourth-order valence-electron chi connectivity index (χ4n) is 2.33. The van der Waals surface area contributed by atoms with Gasteiger partial charge < -0.3 is 10.2 Å². The van der Waals surface area contributed by atoms with E-state index in [0.29, 0.717) is 12.0 Å². The van der Waals surface area contributed by atoms with Gasteiger partial charge in [0.15, 0.2) is 0 Å². The molecule has 1 unspecified atom stereocenters. The van der Waals surface area contributed by atoms with Gasteiger partial charge in [-0.1, -0.05) is 44.2 Å². The van der Waals surface area contributed by atoms with Crippen molar-refractivity contribution in [3.05, 3.63) is 60.2 Å². The second kappa shape index (κ2) is 6.47. The molecule has 106 valence electrons. The maximum Gasteiger partial charge on any atom is 0.0536 e. The Morgan fingerprint density at radius 1 is 0.850 bits per heavy atom. The Kier molecular flexibility index (Phi) is 4.67. The van der Waals surface area contributed by atoms with Crippen molar-refractivity contribution >= 4 is 11.4 Å². The summed E-state index contributed by atoms with van der Waals surface area (Å²) in [4.78, 5) is 2.11. The lowest BCUT2D eigenvalue weighted by Gasteiger charge is -2.24. The standard InChI is InChI=1S/C18H24N2/c1-14(2)18(15-8-6-5-7-9-15)19-16-10-12-17(13-11-16)20(3)4/h5-14,18-19H,1-4H3. The van der Waals surface area contributed by atoms with E-state index in [0.717, 1.165) is 5.69 Å². The quantitative estimate of drug-likeness (QED) is 0.855. The van der Waals surface area contributed by atoms with Crippen molar-refractivity contribution in [2.24, 2.45) is 5.92 Å². The fourth-order valence-corrected chi connectivity index (χ4v) is 2.33. The van der Waals surface area contributed by atoms with Gasteiger partial charge in [0.1, 0.15) is 0 Å². The van der Waals surface area contributed by atoms with Crippen LogP contribution in [0.2, 0.25) is 0 Å². The zero-order valence-corrected chi connectivity index (χ0v) is 12.8. The predicted molar refractivity (Wildman–Crippen MR) is 88.4 cm³/mol. The van der Waals surface area contributed by atoms with Gasteiger partial charge in [-0.2, -0.15) is 0 Å². The van der Waals surface area contributed by atoms with E-state index < -0.39 is 0 Å². The van der Waals surface area contributed by atoms with Gasteiger partial charge in [-0.3, -0.25) is 0 Å². The van der Waals surface area contributed by atoms with Gasteiger partial charge in [-0.15, -0.1) is 0 Å². The molecule has 0 radical (unpaired) electrons. The number of hydrogen-bond acceptors (Lipinski definition) is 2. The van der Waals surface area contributed by atoms with Gasteiger partial charge in [0.2, 0.25) is 0 Å². The summed E-state index contributed by atoms with van der Waals surface area (Å²) in [6.07, 6.45) is 0. The molecule has 0 amide bonds. The van der Waals surface area contributed by atoms with E-state index in [1.54, 1.807) is 0 Å². The molecule has 0 heterocycles. The lowest BCUT2D eigenvalue weighted by atomic mass is 9.96. The molecule has 2 rings (SSSR count). The fraction of sp³-hybridized carbons (Fsp3) is 0.333. The molecule has 2 aromatic rings. The Balaban J connectivity index is 2.17. The van der Waals surface area contributed by atoms with E-state index >= 15 is 0 Å². The highest BCUT2D eigenvalue weighted by atomic mass is 15.1. The van der Waals surface area contributed by atoms with Crippen molar-refractivity contribution in [3.8, 4) is 0 Å². The summed E-state index contributed by atoms with van der Waals surface area (Å²) < 4.78 is 0. The minimum atomic E-state index is 0.335. The summed E-state index contributed by atoms with van der Waals surface area (Å²) in [5, 5.41) is 3.64. The van der Waals surface area contributed by atoms with Crippen molar-refractivity contribution in [1.82, 2.24) is 0 Å². The second-order valence-electron chi connectivity index (χ2n) is 5.72. The van der Waals surface area contributed by atoms with E-state index in [1.165, 1.54) is 11.3 Å². The molecule has 1 N–H and O–H groups in total. The van der Waals surface area contributed by atoms with Gasteiger partial charge in [-0.25, -0.2) is 0 Å². The Labute approximate surface area is 122 Å². The van der Waals surface area contributed by atoms with Crippen molar-refractivity contribution in [3.63, 3.8) is 0 Å². The zero-order valence-electron chi connectivity index (χ0n) is 12.8. The third kappa shape index (κ3) is 3.53. The number of nitrogens with one attached hydrogen (secondary N) is 1. The largest absolute Gasteiger partial charge is 0.378 e. The van der Waals surface area contributed by atoms with Gasteiger partial charge in [0.25, 0.3) is 0 Å². The first-order valence-electron chi connectivity index (χ1n) is 7.17. The van der Waals surface area contributed by atoms with E-state index in [-0.39, 0.29) is 0 Å². The molecule has 0 aliphatic rings. The second-order valence-corrected chi connectivity index (χ2v) is 5.72. The summed E-state index contributed by atoms with van der Waals surface area (Å²) in [6, 6.07) is 19.5. The molecule has 0 aliphatic heterocycles. The third-order valence-corrected chi connectivity index (χ3v) is 3.53. The van der Waals surface area contributed by atoms with Gasteiger partial charge >= 0.3 is 0 Å². The van der Waals surface area contributed by atoms with E-state index in [4.69, 9.17) is 0 Å². The minimum absolute atomic E-state index is 0.335. The van der Waals surface area contributed by atoms with Gasteiger partial charge in [0.05, 0.1) is 6.04 Å². The third-order valence-electron chi connectivity index (χ3n) is 3.53. The Hall–Kier alpha value is -1.96. The average molecular weight is 268 g/mol. The van der Waals surface area contributed by atoms with Crippen LogP contribution in [0.15, 0.2) is 54.6 Å². The summed E-state index contributed by atoms with van der Waals surface area (Å²) in [7, 11) is 4.12. The van der Waals surface area contributed by atoms with Crippen LogP contribution in [0.5, 0.6) is 0 Å². The SMILES string of the molecule is CC(C)C(Nc1ccc(N(C)C)cc1)c1ccccc1. The van der Waals surface area contributed by atoms with Crippen LogP contribution in [-0.2, 0) is 0 Å². The van der Waals surface area contributed by atoms with E-state index in [2.05, 4.69) is 92.8 Å². The van der Waals surface area contributed by atoms with Crippen LogP contribution in [0.25, 0.3) is 0 Å². The highest BCUT2D eigenvalue weighted by Crippen LogP contribution is 2.27. The van der Waals surface area contributed by atoms with Crippen molar-refractivity contribution in [1.29, 1.82) is 0 Å². The molecule has 0 saturated heterocycles. The smallest absolute Gasteiger partial charge is 0.0536 e. The summed E-state index contributed by atoms with van der Waals surface area (Å²) in [5.74, 6) is 0.533. The first-order valence-corrected chi connectivity index (χ1v) is 7.17. The predicted octanol–water partition coefficient (Wildman–Crippen LogP) is 4.56. The van der Waals surface area contributed by atoms with Crippen LogP contribution >= 0.6 is 0 Å². The summed E-state index contributed by atoms with van der Waals surface area (Å²) in [5.41, 5.74) is 3.72. The molecule has 2 aromatic carbocycles. The first-order chi connectivity index (χ1) is 9.58. The molecule has 0 fully saturated rings. The molecule has 0 bridgehead atoms. The van der Waals surface area contributed by atoms with Crippen LogP contribution in [0.1, 0.15) is 25.5 Å². The molecule has 2 heteroatoms. The average Bonchev–Trinajstić information content (AvgIpc) is 2.46. The lowest BCUT2D eigenvalue weighted by Crippen LogP contribution is -2.16. The highest BCUT2D eigenvalue weighted by Gasteiger charge is 2.15. The normalized spacial score (nSPS) is 12.2. The molecule has 0 spiro atoms. The van der Waals surface area contributed by atoms with Crippen LogP contribution in [0.4, 0.5) is 11.4 Å². The summed E-state index contributed by atoms with van der Waals surface area (Å²) >= 11 is 0. The minimum Gasteiger partial charge on any atom is -0.378 e. The Morgan fingerprint density at radius 2 is 1.45 bits per heavy atom. The van der Waals surface area contributed by atoms with E-state index in [9.17, 15) is 0 Å². The number of anilines is 2. The molecular formula is C18H24N2. The maximum atomic E-state index is 3.64. The van der Waals surface area contributed by atoms with Crippen LogP contribution in [-0.4, -0.2) is 14.1 Å². The molecule has 0 saturated carbocycles. The van der Waals surface area contributed by atoms with Crippen LogP contribution < -0.4 is 10.2 Å². The monoisotopic (exact) mass is 268 g/mol.